The maximum absolute atomic E-state index is 11.9. The first-order valence-corrected chi connectivity index (χ1v) is 7.20. The van der Waals surface area contributed by atoms with Gasteiger partial charge < -0.3 is 14.8 Å². The van der Waals surface area contributed by atoms with Crippen LogP contribution in [0.1, 0.15) is 4.88 Å². The number of nitrogens with one attached hydrogen (secondary N) is 1. The van der Waals surface area contributed by atoms with Crippen molar-refractivity contribution < 1.29 is 14.3 Å². The maximum atomic E-state index is 11.9. The maximum Gasteiger partial charge on any atom is 0.229 e. The van der Waals surface area contributed by atoms with E-state index in [0.29, 0.717) is 19.6 Å². The molecule has 1 aromatic heterocycles. The Morgan fingerprint density at radius 1 is 1.25 bits per heavy atom. The topological polar surface area (TPSA) is 47.6 Å². The third-order valence-electron chi connectivity index (χ3n) is 2.59. The van der Waals surface area contributed by atoms with Crippen LogP contribution in [-0.2, 0) is 16.0 Å². The fourth-order valence-corrected chi connectivity index (χ4v) is 2.39. The van der Waals surface area contributed by atoms with Crippen LogP contribution in [0.25, 0.3) is 0 Å². The van der Waals surface area contributed by atoms with Crippen molar-refractivity contribution in [3.8, 4) is 5.75 Å². The van der Waals surface area contributed by atoms with Crippen molar-refractivity contribution in [3.63, 3.8) is 0 Å². The van der Waals surface area contributed by atoms with Crippen molar-refractivity contribution in [2.75, 3.05) is 25.6 Å². The number of hydrogen-bond donors (Lipinski definition) is 1. The fourth-order valence-electron chi connectivity index (χ4n) is 1.68. The smallest absolute Gasteiger partial charge is 0.229 e. The monoisotopic (exact) mass is 291 g/mol. The average molecular weight is 291 g/mol. The molecule has 2 aromatic rings. The van der Waals surface area contributed by atoms with Crippen LogP contribution in [0.4, 0.5) is 5.69 Å². The molecule has 0 aliphatic rings. The van der Waals surface area contributed by atoms with Gasteiger partial charge in [-0.15, -0.1) is 11.3 Å². The summed E-state index contributed by atoms with van der Waals surface area (Å²) in [5.41, 5.74) is 0.737. The highest BCUT2D eigenvalue weighted by Crippen LogP contribution is 2.18. The summed E-state index contributed by atoms with van der Waals surface area (Å²) in [6, 6.07) is 11.2. The number of thiophene rings is 1. The molecular weight excluding hydrogens is 274 g/mol. The molecule has 1 amide bonds. The second-order valence-electron chi connectivity index (χ2n) is 4.17. The summed E-state index contributed by atoms with van der Waals surface area (Å²) in [5, 5.41) is 4.83. The summed E-state index contributed by atoms with van der Waals surface area (Å²) < 4.78 is 10.4. The van der Waals surface area contributed by atoms with Crippen molar-refractivity contribution in [3.05, 3.63) is 46.7 Å². The minimum atomic E-state index is -0.0264. The van der Waals surface area contributed by atoms with Crippen molar-refractivity contribution in [2.24, 2.45) is 0 Å². The predicted molar refractivity (Wildman–Crippen MR) is 80.5 cm³/mol. The molecule has 0 aliphatic carbocycles. The van der Waals surface area contributed by atoms with Gasteiger partial charge in [0.2, 0.25) is 5.91 Å². The van der Waals surface area contributed by atoms with E-state index in [2.05, 4.69) is 5.32 Å². The SMILES string of the molecule is COCCOc1cccc(NC(=O)Cc2cccs2)c1. The lowest BCUT2D eigenvalue weighted by atomic mass is 10.2. The van der Waals surface area contributed by atoms with Gasteiger partial charge in [-0.25, -0.2) is 0 Å². The second kappa shape index (κ2) is 7.67. The molecule has 0 fully saturated rings. The predicted octanol–water partition coefficient (Wildman–Crippen LogP) is 2.95. The van der Waals surface area contributed by atoms with Crippen LogP contribution in [-0.4, -0.2) is 26.2 Å². The number of methoxy groups -OCH3 is 1. The van der Waals surface area contributed by atoms with E-state index >= 15 is 0 Å². The molecule has 4 nitrogen and oxygen atoms in total. The van der Waals surface area contributed by atoms with Crippen molar-refractivity contribution in [1.82, 2.24) is 0 Å². The molecule has 1 heterocycles. The normalized spacial score (nSPS) is 10.2. The Kier molecular flexibility index (Phi) is 5.58. The van der Waals surface area contributed by atoms with Gasteiger partial charge in [-0.3, -0.25) is 4.79 Å². The number of ether oxygens (including phenoxy) is 2. The molecule has 5 heteroatoms. The molecule has 0 saturated carbocycles. The first-order valence-electron chi connectivity index (χ1n) is 6.32. The van der Waals surface area contributed by atoms with Crippen LogP contribution < -0.4 is 10.1 Å². The summed E-state index contributed by atoms with van der Waals surface area (Å²) in [6.07, 6.45) is 0.395. The third kappa shape index (κ3) is 4.68. The highest BCUT2D eigenvalue weighted by molar-refractivity contribution is 7.10. The minimum absolute atomic E-state index is 0.0264. The van der Waals surface area contributed by atoms with Gasteiger partial charge in [0.05, 0.1) is 13.0 Å². The molecule has 2 rings (SSSR count). The Morgan fingerprint density at radius 2 is 2.15 bits per heavy atom. The van der Waals surface area contributed by atoms with E-state index in [1.54, 1.807) is 18.4 Å². The molecule has 0 unspecified atom stereocenters. The lowest BCUT2D eigenvalue weighted by Crippen LogP contribution is -2.13. The Labute approximate surface area is 122 Å². The fraction of sp³-hybridized carbons (Fsp3) is 0.267. The van der Waals surface area contributed by atoms with Crippen LogP contribution in [0.2, 0.25) is 0 Å². The zero-order chi connectivity index (χ0) is 14.2. The van der Waals surface area contributed by atoms with E-state index < -0.39 is 0 Å². The number of hydrogen-bond acceptors (Lipinski definition) is 4. The number of anilines is 1. The van der Waals surface area contributed by atoms with Gasteiger partial charge in [0.25, 0.3) is 0 Å². The Morgan fingerprint density at radius 3 is 2.90 bits per heavy atom. The number of carbonyl (C=O) groups is 1. The first kappa shape index (κ1) is 14.6. The van der Waals surface area contributed by atoms with E-state index in [1.807, 2.05) is 41.8 Å². The molecule has 0 saturated heterocycles. The molecular formula is C15H17NO3S. The molecule has 20 heavy (non-hydrogen) atoms. The van der Waals surface area contributed by atoms with Gasteiger partial charge in [-0.1, -0.05) is 12.1 Å². The average Bonchev–Trinajstić information content (AvgIpc) is 2.92. The summed E-state index contributed by atoms with van der Waals surface area (Å²) in [5.74, 6) is 0.692. The molecule has 0 radical (unpaired) electrons. The Bertz CT molecular complexity index is 540. The van der Waals surface area contributed by atoms with E-state index in [-0.39, 0.29) is 5.91 Å². The summed E-state index contributed by atoms with van der Waals surface area (Å²) in [6.45, 7) is 1.03. The van der Waals surface area contributed by atoms with Gasteiger partial charge in [0.15, 0.2) is 0 Å². The summed E-state index contributed by atoms with van der Waals surface area (Å²) in [7, 11) is 1.63. The highest BCUT2D eigenvalue weighted by atomic mass is 32.1. The molecule has 0 atom stereocenters. The van der Waals surface area contributed by atoms with Crippen molar-refractivity contribution in [1.29, 1.82) is 0 Å². The molecule has 106 valence electrons. The second-order valence-corrected chi connectivity index (χ2v) is 5.21. The van der Waals surface area contributed by atoms with Crippen molar-refractivity contribution >= 4 is 22.9 Å². The standard InChI is InChI=1S/C15H17NO3S/c1-18-7-8-19-13-5-2-4-12(10-13)16-15(17)11-14-6-3-9-20-14/h2-6,9-10H,7-8,11H2,1H3,(H,16,17). The number of carbonyl (C=O) groups excluding carboxylic acids is 1. The van der Waals surface area contributed by atoms with E-state index in [4.69, 9.17) is 9.47 Å². The van der Waals surface area contributed by atoms with Gasteiger partial charge >= 0.3 is 0 Å². The van der Waals surface area contributed by atoms with Gasteiger partial charge in [-0.05, 0) is 23.6 Å². The Hall–Kier alpha value is -1.85. The summed E-state index contributed by atoms with van der Waals surface area (Å²) in [4.78, 5) is 12.9. The number of rotatable bonds is 7. The quantitative estimate of drug-likeness (QED) is 0.798. The molecule has 1 aromatic carbocycles. The Balaban J connectivity index is 1.88. The highest BCUT2D eigenvalue weighted by Gasteiger charge is 2.05. The van der Waals surface area contributed by atoms with Gasteiger partial charge in [0, 0.05) is 23.7 Å². The molecule has 0 bridgehead atoms. The zero-order valence-corrected chi connectivity index (χ0v) is 12.1. The summed E-state index contributed by atoms with van der Waals surface area (Å²) >= 11 is 1.58. The molecule has 1 N–H and O–H groups in total. The van der Waals surface area contributed by atoms with Gasteiger partial charge in [-0.2, -0.15) is 0 Å². The van der Waals surface area contributed by atoms with E-state index in [9.17, 15) is 4.79 Å². The van der Waals surface area contributed by atoms with E-state index in [0.717, 1.165) is 16.3 Å². The van der Waals surface area contributed by atoms with Gasteiger partial charge in [0.1, 0.15) is 12.4 Å². The third-order valence-corrected chi connectivity index (χ3v) is 3.47. The van der Waals surface area contributed by atoms with Crippen LogP contribution >= 0.6 is 11.3 Å². The minimum Gasteiger partial charge on any atom is -0.491 e. The van der Waals surface area contributed by atoms with Crippen LogP contribution in [0.5, 0.6) is 5.75 Å². The van der Waals surface area contributed by atoms with Crippen LogP contribution in [0, 0.1) is 0 Å². The van der Waals surface area contributed by atoms with Crippen LogP contribution in [0.3, 0.4) is 0 Å². The van der Waals surface area contributed by atoms with Crippen LogP contribution in [0.15, 0.2) is 41.8 Å². The molecule has 0 aliphatic heterocycles. The number of benzene rings is 1. The lowest BCUT2D eigenvalue weighted by Gasteiger charge is -2.08. The lowest BCUT2D eigenvalue weighted by molar-refractivity contribution is -0.115. The van der Waals surface area contributed by atoms with E-state index in [1.165, 1.54) is 0 Å². The van der Waals surface area contributed by atoms with Crippen molar-refractivity contribution in [2.45, 2.75) is 6.42 Å². The zero-order valence-electron chi connectivity index (χ0n) is 11.3. The molecule has 0 spiro atoms. The number of amides is 1. The largest absolute Gasteiger partial charge is 0.491 e. The first-order chi connectivity index (χ1) is 9.78.